The number of aromatic amines is 1. The Hall–Kier alpha value is -2.38. The third-order valence-corrected chi connectivity index (χ3v) is 6.43. The number of hydrogen-bond donors (Lipinski definition) is 2. The zero-order valence-corrected chi connectivity index (χ0v) is 16.8. The van der Waals surface area contributed by atoms with Crippen LogP contribution in [-0.2, 0) is 16.6 Å². The lowest BCUT2D eigenvalue weighted by molar-refractivity contribution is 0.581. The van der Waals surface area contributed by atoms with Crippen LogP contribution in [0.1, 0.15) is 5.56 Å². The molecule has 2 N–H and O–H groups in total. The van der Waals surface area contributed by atoms with Crippen molar-refractivity contribution in [2.45, 2.75) is 11.4 Å². The first-order valence-electron chi connectivity index (χ1n) is 8.41. The van der Waals surface area contributed by atoms with Crippen LogP contribution >= 0.6 is 23.2 Å². The van der Waals surface area contributed by atoms with Crippen molar-refractivity contribution in [3.05, 3.63) is 82.3 Å². The Kier molecular flexibility index (Phi) is 5.12. The Morgan fingerprint density at radius 1 is 0.929 bits per heavy atom. The molecule has 142 valence electrons. The van der Waals surface area contributed by atoms with Crippen molar-refractivity contribution >= 4 is 44.3 Å². The lowest BCUT2D eigenvalue weighted by atomic mass is 10.2. The molecule has 5 nitrogen and oxygen atoms in total. The molecule has 4 rings (SSSR count). The van der Waals surface area contributed by atoms with E-state index in [4.69, 9.17) is 23.2 Å². The molecule has 0 unspecified atom stereocenters. The maximum absolute atomic E-state index is 12.6. The van der Waals surface area contributed by atoms with E-state index in [1.54, 1.807) is 42.5 Å². The molecular weight excluding hydrogens is 417 g/mol. The molecule has 0 amide bonds. The third kappa shape index (κ3) is 3.91. The molecule has 0 saturated heterocycles. The van der Waals surface area contributed by atoms with E-state index in [2.05, 4.69) is 14.7 Å². The number of sulfonamides is 1. The Bertz CT molecular complexity index is 1220. The van der Waals surface area contributed by atoms with E-state index in [1.165, 1.54) is 0 Å². The first-order chi connectivity index (χ1) is 13.4. The molecule has 4 aromatic rings. The van der Waals surface area contributed by atoms with Gasteiger partial charge in [-0.15, -0.1) is 0 Å². The minimum absolute atomic E-state index is 0.116. The van der Waals surface area contributed by atoms with Crippen LogP contribution in [0.4, 0.5) is 0 Å². The second kappa shape index (κ2) is 7.56. The molecule has 0 aliphatic rings. The summed E-state index contributed by atoms with van der Waals surface area (Å²) in [6.45, 7) is 0.116. The van der Waals surface area contributed by atoms with Crippen LogP contribution in [0, 0.1) is 0 Å². The maximum atomic E-state index is 12.6. The van der Waals surface area contributed by atoms with Gasteiger partial charge in [-0.1, -0.05) is 41.4 Å². The number of para-hydroxylation sites is 2. The van der Waals surface area contributed by atoms with Crippen LogP contribution in [0.25, 0.3) is 22.4 Å². The van der Waals surface area contributed by atoms with Gasteiger partial charge >= 0.3 is 0 Å². The van der Waals surface area contributed by atoms with Gasteiger partial charge in [-0.25, -0.2) is 18.1 Å². The molecule has 8 heteroatoms. The molecule has 0 atom stereocenters. The molecule has 1 aromatic heterocycles. The van der Waals surface area contributed by atoms with Gasteiger partial charge in [0.15, 0.2) is 0 Å². The molecule has 1 heterocycles. The minimum atomic E-state index is -3.66. The van der Waals surface area contributed by atoms with Crippen LogP contribution in [0.5, 0.6) is 0 Å². The fraction of sp³-hybridized carbons (Fsp3) is 0.0500. The Morgan fingerprint density at radius 3 is 2.39 bits per heavy atom. The fourth-order valence-electron chi connectivity index (χ4n) is 2.79. The summed E-state index contributed by atoms with van der Waals surface area (Å²) in [7, 11) is -3.66. The SMILES string of the molecule is O=S(=O)(NCc1ccc(Cl)c(Cl)c1)c1ccc(-c2nc3ccccc3[nH]2)cc1. The highest BCUT2D eigenvalue weighted by atomic mass is 35.5. The number of halogens is 2. The minimum Gasteiger partial charge on any atom is -0.338 e. The van der Waals surface area contributed by atoms with Crippen LogP contribution in [0.2, 0.25) is 10.0 Å². The zero-order valence-electron chi connectivity index (χ0n) is 14.5. The largest absolute Gasteiger partial charge is 0.338 e. The molecule has 0 spiro atoms. The van der Waals surface area contributed by atoms with E-state index in [1.807, 2.05) is 24.3 Å². The number of nitrogens with one attached hydrogen (secondary N) is 2. The summed E-state index contributed by atoms with van der Waals surface area (Å²) >= 11 is 11.8. The number of benzene rings is 3. The number of aromatic nitrogens is 2. The van der Waals surface area contributed by atoms with Gasteiger partial charge < -0.3 is 4.98 Å². The number of imidazole rings is 1. The van der Waals surface area contributed by atoms with Crippen molar-refractivity contribution in [2.75, 3.05) is 0 Å². The zero-order chi connectivity index (χ0) is 19.7. The fourth-order valence-corrected chi connectivity index (χ4v) is 4.13. The molecule has 0 saturated carbocycles. The smallest absolute Gasteiger partial charge is 0.240 e. The normalized spacial score (nSPS) is 11.8. The average Bonchev–Trinajstić information content (AvgIpc) is 3.13. The number of nitrogens with zero attached hydrogens (tertiary/aromatic N) is 1. The molecule has 0 radical (unpaired) electrons. The van der Waals surface area contributed by atoms with Gasteiger partial charge in [0.1, 0.15) is 5.82 Å². The van der Waals surface area contributed by atoms with Crippen LogP contribution in [0.3, 0.4) is 0 Å². The van der Waals surface area contributed by atoms with Gasteiger partial charge in [-0.2, -0.15) is 0 Å². The predicted molar refractivity (Wildman–Crippen MR) is 112 cm³/mol. The third-order valence-electron chi connectivity index (χ3n) is 4.28. The predicted octanol–water partition coefficient (Wildman–Crippen LogP) is 5.02. The Labute approximate surface area is 172 Å². The highest BCUT2D eigenvalue weighted by Crippen LogP contribution is 2.24. The van der Waals surface area contributed by atoms with E-state index < -0.39 is 10.0 Å². The lowest BCUT2D eigenvalue weighted by Crippen LogP contribution is -2.23. The second-order valence-electron chi connectivity index (χ2n) is 6.20. The highest BCUT2D eigenvalue weighted by molar-refractivity contribution is 7.89. The van der Waals surface area contributed by atoms with Crippen molar-refractivity contribution in [2.24, 2.45) is 0 Å². The van der Waals surface area contributed by atoms with Gasteiger partial charge in [0.25, 0.3) is 0 Å². The molecule has 0 aliphatic carbocycles. The summed E-state index contributed by atoms with van der Waals surface area (Å²) in [5.41, 5.74) is 3.31. The number of hydrogen-bond acceptors (Lipinski definition) is 3. The van der Waals surface area contributed by atoms with Crippen molar-refractivity contribution < 1.29 is 8.42 Å². The van der Waals surface area contributed by atoms with E-state index in [0.29, 0.717) is 15.9 Å². The van der Waals surface area contributed by atoms with Crippen LogP contribution in [-0.4, -0.2) is 18.4 Å². The van der Waals surface area contributed by atoms with Gasteiger partial charge in [-0.05, 0) is 54.1 Å². The summed E-state index contributed by atoms with van der Waals surface area (Å²) in [6.07, 6.45) is 0. The second-order valence-corrected chi connectivity index (χ2v) is 8.78. The van der Waals surface area contributed by atoms with Gasteiger partial charge in [0.05, 0.1) is 26.0 Å². The van der Waals surface area contributed by atoms with Gasteiger partial charge in [0.2, 0.25) is 10.0 Å². The van der Waals surface area contributed by atoms with E-state index in [-0.39, 0.29) is 11.4 Å². The van der Waals surface area contributed by atoms with Crippen molar-refractivity contribution in [1.29, 1.82) is 0 Å². The topological polar surface area (TPSA) is 74.8 Å². The number of rotatable bonds is 5. The Balaban J connectivity index is 1.52. The molecular formula is C20H15Cl2N3O2S. The van der Waals surface area contributed by atoms with E-state index in [0.717, 1.165) is 22.2 Å². The average molecular weight is 432 g/mol. The molecule has 0 aliphatic heterocycles. The molecule has 28 heavy (non-hydrogen) atoms. The number of H-pyrrole nitrogens is 1. The van der Waals surface area contributed by atoms with Gasteiger partial charge in [0, 0.05) is 12.1 Å². The summed E-state index contributed by atoms with van der Waals surface area (Å²) in [5, 5.41) is 0.808. The molecule has 3 aromatic carbocycles. The van der Waals surface area contributed by atoms with Crippen molar-refractivity contribution in [1.82, 2.24) is 14.7 Å². The highest BCUT2D eigenvalue weighted by Gasteiger charge is 2.15. The van der Waals surface area contributed by atoms with Crippen molar-refractivity contribution in [3.8, 4) is 11.4 Å². The van der Waals surface area contributed by atoms with Crippen LogP contribution < -0.4 is 4.72 Å². The maximum Gasteiger partial charge on any atom is 0.240 e. The summed E-state index contributed by atoms with van der Waals surface area (Å²) in [6, 6.07) is 19.3. The summed E-state index contributed by atoms with van der Waals surface area (Å²) in [5.74, 6) is 0.689. The summed E-state index contributed by atoms with van der Waals surface area (Å²) < 4.78 is 27.7. The Morgan fingerprint density at radius 2 is 1.68 bits per heavy atom. The number of fused-ring (bicyclic) bond motifs is 1. The van der Waals surface area contributed by atoms with Crippen molar-refractivity contribution in [3.63, 3.8) is 0 Å². The first kappa shape index (κ1) is 19.0. The first-order valence-corrected chi connectivity index (χ1v) is 10.6. The van der Waals surface area contributed by atoms with Gasteiger partial charge in [-0.3, -0.25) is 0 Å². The van der Waals surface area contributed by atoms with E-state index in [9.17, 15) is 8.42 Å². The van der Waals surface area contributed by atoms with Crippen LogP contribution in [0.15, 0.2) is 71.6 Å². The lowest BCUT2D eigenvalue weighted by Gasteiger charge is -2.08. The monoisotopic (exact) mass is 431 g/mol. The van der Waals surface area contributed by atoms with E-state index >= 15 is 0 Å². The molecule has 0 fully saturated rings. The quantitative estimate of drug-likeness (QED) is 0.465. The molecule has 0 bridgehead atoms. The standard InChI is InChI=1S/C20H15Cl2N3O2S/c21-16-10-5-13(11-17(16)22)12-23-28(26,27)15-8-6-14(7-9-15)20-24-18-3-1-2-4-19(18)25-20/h1-11,23H,12H2,(H,24,25). The summed E-state index contributed by atoms with van der Waals surface area (Å²) in [4.78, 5) is 7.92.